The van der Waals surface area contributed by atoms with Gasteiger partial charge >= 0.3 is 6.18 Å². The van der Waals surface area contributed by atoms with Crippen LogP contribution in [-0.4, -0.2) is 22.7 Å². The number of carbonyl (C=O) groups is 3. The second-order valence-electron chi connectivity index (χ2n) is 8.24. The summed E-state index contributed by atoms with van der Waals surface area (Å²) in [5.41, 5.74) is 2.04. The Balaban J connectivity index is 1.73. The number of thiazole rings is 1. The average Bonchev–Trinajstić information content (AvgIpc) is 3.53. The van der Waals surface area contributed by atoms with Crippen LogP contribution in [0.1, 0.15) is 33.8 Å². The minimum atomic E-state index is -4.68. The second-order valence-corrected chi connectivity index (χ2v) is 9.62. The molecule has 7 nitrogen and oxygen atoms in total. The summed E-state index contributed by atoms with van der Waals surface area (Å²) in [6.45, 7) is 1.38. The Bertz CT molecular complexity index is 1440. The van der Waals surface area contributed by atoms with Gasteiger partial charge in [0, 0.05) is 6.07 Å². The van der Waals surface area contributed by atoms with Crippen molar-refractivity contribution in [1.29, 1.82) is 0 Å². The van der Waals surface area contributed by atoms with Gasteiger partial charge in [0.2, 0.25) is 11.8 Å². The van der Waals surface area contributed by atoms with Gasteiger partial charge in [-0.05, 0) is 50.1 Å². The number of benzene rings is 2. The van der Waals surface area contributed by atoms with Crippen molar-refractivity contribution < 1.29 is 36.3 Å². The molecule has 0 aliphatic heterocycles. The number of halogens is 6. The molecule has 0 unspecified atom stereocenters. The lowest BCUT2D eigenvalue weighted by Gasteiger charge is -2.24. The molecule has 14 heteroatoms. The summed E-state index contributed by atoms with van der Waals surface area (Å²) in [6, 6.07) is 4.78. The Labute approximate surface area is 215 Å². The largest absolute Gasteiger partial charge is 0.416 e. The van der Waals surface area contributed by atoms with Crippen molar-refractivity contribution in [2.75, 3.05) is 10.2 Å². The predicted octanol–water partition coefficient (Wildman–Crippen LogP) is 5.58. The summed E-state index contributed by atoms with van der Waals surface area (Å²) in [7, 11) is 0. The van der Waals surface area contributed by atoms with E-state index < -0.39 is 52.2 Å². The normalized spacial score (nSPS) is 14.2. The smallest absolute Gasteiger partial charge is 0.369 e. The molecule has 1 fully saturated rings. The van der Waals surface area contributed by atoms with E-state index in [2.05, 4.69) is 10.3 Å². The maximum atomic E-state index is 14.7. The number of nitrogens with one attached hydrogen (secondary N) is 1. The number of carbonyl (C=O) groups excluding carboxylic acids is 3. The van der Waals surface area contributed by atoms with Crippen molar-refractivity contribution in [2.45, 2.75) is 25.9 Å². The molecule has 1 heterocycles. The highest BCUT2D eigenvalue weighted by molar-refractivity contribution is 7.18. The fourth-order valence-electron chi connectivity index (χ4n) is 3.53. The van der Waals surface area contributed by atoms with E-state index in [0.717, 1.165) is 29.2 Å². The highest BCUT2D eigenvalue weighted by Crippen LogP contribution is 2.50. The van der Waals surface area contributed by atoms with E-state index in [9.17, 15) is 36.3 Å². The van der Waals surface area contributed by atoms with Gasteiger partial charge in [-0.2, -0.15) is 13.2 Å². The second kappa shape index (κ2) is 9.38. The van der Waals surface area contributed by atoms with E-state index >= 15 is 0 Å². The Morgan fingerprint density at radius 3 is 2.38 bits per heavy atom. The molecule has 1 aromatic heterocycles. The third kappa shape index (κ3) is 5.01. The zero-order valence-corrected chi connectivity index (χ0v) is 20.3. The molecule has 37 heavy (non-hydrogen) atoms. The van der Waals surface area contributed by atoms with Crippen LogP contribution in [0, 0.1) is 24.0 Å². The van der Waals surface area contributed by atoms with Crippen LogP contribution in [-0.2, 0) is 15.8 Å². The van der Waals surface area contributed by atoms with E-state index in [-0.39, 0.29) is 39.3 Å². The molecule has 3 aromatic rings. The number of alkyl halides is 3. The number of hydrogen-bond acceptors (Lipinski definition) is 5. The maximum absolute atomic E-state index is 14.7. The number of aromatic nitrogens is 1. The lowest BCUT2D eigenvalue weighted by atomic mass is 10.0. The summed E-state index contributed by atoms with van der Waals surface area (Å²) in [6.07, 6.45) is -4.48. The molecule has 2 aromatic carbocycles. The first-order chi connectivity index (χ1) is 17.2. The summed E-state index contributed by atoms with van der Waals surface area (Å²) >= 11 is 6.55. The first kappa shape index (κ1) is 26.5. The van der Waals surface area contributed by atoms with Crippen LogP contribution in [0.3, 0.4) is 0 Å². The number of anilines is 3. The number of aryl methyl sites for hydroxylation is 1. The van der Waals surface area contributed by atoms with Crippen molar-refractivity contribution >= 4 is 57.2 Å². The molecule has 1 saturated carbocycles. The highest BCUT2D eigenvalue weighted by atomic mass is 35.5. The van der Waals surface area contributed by atoms with Crippen LogP contribution in [0.15, 0.2) is 36.4 Å². The number of hydrogen-bond donors (Lipinski definition) is 2. The summed E-state index contributed by atoms with van der Waals surface area (Å²) in [5.74, 6) is -4.80. The Morgan fingerprint density at radius 2 is 1.81 bits per heavy atom. The van der Waals surface area contributed by atoms with E-state index in [4.69, 9.17) is 17.3 Å². The van der Waals surface area contributed by atoms with Gasteiger partial charge in [-0.1, -0.05) is 22.9 Å². The van der Waals surface area contributed by atoms with Crippen LogP contribution < -0.4 is 16.0 Å². The number of amides is 3. The van der Waals surface area contributed by atoms with Crippen molar-refractivity contribution in [2.24, 2.45) is 11.1 Å². The lowest BCUT2D eigenvalue weighted by Crippen LogP contribution is -2.41. The number of nitrogens with zero attached hydrogens (tertiary/aromatic N) is 2. The molecular formula is C23H16ClF5N4O3S. The van der Waals surface area contributed by atoms with Crippen LogP contribution >= 0.6 is 22.9 Å². The molecule has 1 aliphatic carbocycles. The molecule has 194 valence electrons. The number of nitrogens with two attached hydrogens (primary N) is 1. The number of rotatable bonds is 6. The zero-order chi connectivity index (χ0) is 27.3. The summed E-state index contributed by atoms with van der Waals surface area (Å²) in [5, 5.41) is 1.88. The van der Waals surface area contributed by atoms with Gasteiger partial charge in [-0.15, -0.1) is 0 Å². The van der Waals surface area contributed by atoms with Crippen LogP contribution in [0.4, 0.5) is 38.5 Å². The average molecular weight is 559 g/mol. The van der Waals surface area contributed by atoms with Gasteiger partial charge in [-0.25, -0.2) is 13.8 Å². The number of primary amides is 1. The van der Waals surface area contributed by atoms with Crippen molar-refractivity contribution in [3.05, 3.63) is 69.2 Å². The van der Waals surface area contributed by atoms with Gasteiger partial charge in [0.15, 0.2) is 5.13 Å². The van der Waals surface area contributed by atoms with E-state index in [1.807, 2.05) is 0 Å². The van der Waals surface area contributed by atoms with Crippen LogP contribution in [0.5, 0.6) is 0 Å². The van der Waals surface area contributed by atoms with Crippen LogP contribution in [0.2, 0.25) is 5.02 Å². The van der Waals surface area contributed by atoms with Gasteiger partial charge in [0.25, 0.3) is 5.91 Å². The van der Waals surface area contributed by atoms with Gasteiger partial charge < -0.3 is 11.1 Å². The van der Waals surface area contributed by atoms with Gasteiger partial charge in [-0.3, -0.25) is 19.3 Å². The standard InChI is InChI=1S/C23H16ClF5N4O3S/c1-10-17(18(34)32-15-8-11(23(27,28)29)2-4-13(15)24)37-21(31-10)33(16-5-3-12(25)9-14(16)26)20(36)22(6-7-22)19(30)35/h2-5,8-9H,6-7H2,1H3,(H2,30,35)(H,32,34). The molecule has 0 spiro atoms. The monoisotopic (exact) mass is 558 g/mol. The fraction of sp³-hybridized carbons (Fsp3) is 0.217. The third-order valence-corrected chi connectivity index (χ3v) is 7.18. The minimum absolute atomic E-state index is 0.0461. The third-order valence-electron chi connectivity index (χ3n) is 5.71. The fourth-order valence-corrected chi connectivity index (χ4v) is 4.67. The van der Waals surface area contributed by atoms with Gasteiger partial charge in [0.05, 0.1) is 27.7 Å². The van der Waals surface area contributed by atoms with Crippen LogP contribution in [0.25, 0.3) is 0 Å². The molecule has 0 bridgehead atoms. The highest BCUT2D eigenvalue weighted by Gasteiger charge is 2.58. The summed E-state index contributed by atoms with van der Waals surface area (Å²) in [4.78, 5) is 43.1. The SMILES string of the molecule is Cc1nc(N(C(=O)C2(C(N)=O)CC2)c2ccc(F)cc2F)sc1C(=O)Nc1cc(C(F)(F)F)ccc1Cl. The first-order valence-corrected chi connectivity index (χ1v) is 11.7. The zero-order valence-electron chi connectivity index (χ0n) is 18.8. The minimum Gasteiger partial charge on any atom is -0.369 e. The van der Waals surface area contributed by atoms with E-state index in [1.165, 1.54) is 6.92 Å². The topological polar surface area (TPSA) is 105 Å². The van der Waals surface area contributed by atoms with E-state index in [0.29, 0.717) is 23.5 Å². The molecule has 4 rings (SSSR count). The van der Waals surface area contributed by atoms with Crippen molar-refractivity contribution in [1.82, 2.24) is 4.98 Å². The predicted molar refractivity (Wildman–Crippen MR) is 126 cm³/mol. The molecule has 3 N–H and O–H groups in total. The van der Waals surface area contributed by atoms with Crippen molar-refractivity contribution in [3.8, 4) is 0 Å². The first-order valence-electron chi connectivity index (χ1n) is 10.5. The lowest BCUT2D eigenvalue weighted by molar-refractivity contribution is -0.137. The maximum Gasteiger partial charge on any atom is 0.416 e. The Kier molecular flexibility index (Phi) is 6.71. The van der Waals surface area contributed by atoms with Gasteiger partial charge in [0.1, 0.15) is 21.9 Å². The van der Waals surface area contributed by atoms with E-state index in [1.54, 1.807) is 0 Å². The van der Waals surface area contributed by atoms with Crippen molar-refractivity contribution in [3.63, 3.8) is 0 Å². The molecule has 0 radical (unpaired) electrons. The molecule has 1 aliphatic rings. The molecular weight excluding hydrogens is 543 g/mol. The quantitative estimate of drug-likeness (QED) is 0.304. The molecule has 0 saturated heterocycles. The summed E-state index contributed by atoms with van der Waals surface area (Å²) < 4.78 is 67.5. The molecule has 0 atom stereocenters. The Morgan fingerprint density at radius 1 is 1.14 bits per heavy atom. The molecule has 3 amide bonds. The Hall–Kier alpha value is -3.58.